The molecule has 0 N–H and O–H groups in total. The third kappa shape index (κ3) is 4.23. The second-order valence-corrected chi connectivity index (χ2v) is 6.41. The van der Waals surface area contributed by atoms with E-state index in [1.807, 2.05) is 54.6 Å². The zero-order valence-electron chi connectivity index (χ0n) is 14.5. The van der Waals surface area contributed by atoms with Gasteiger partial charge in [0.1, 0.15) is 12.8 Å². The summed E-state index contributed by atoms with van der Waals surface area (Å²) in [5.41, 5.74) is 2.80. The number of hydrogen-bond donors (Lipinski definition) is 0. The van der Waals surface area contributed by atoms with Crippen molar-refractivity contribution in [2.45, 2.75) is 5.41 Å². The van der Waals surface area contributed by atoms with E-state index < -0.39 is 5.41 Å². The molecular formula is C22H22BrO2P. The van der Waals surface area contributed by atoms with E-state index in [0.29, 0.717) is 6.16 Å². The molecule has 2 nitrogen and oxygen atoms in total. The van der Waals surface area contributed by atoms with Crippen molar-refractivity contribution >= 4 is 15.2 Å². The van der Waals surface area contributed by atoms with E-state index in [0.717, 1.165) is 16.7 Å². The van der Waals surface area contributed by atoms with Crippen LogP contribution in [0.5, 0.6) is 0 Å². The monoisotopic (exact) mass is 428 g/mol. The quantitative estimate of drug-likeness (QED) is 0.334. The van der Waals surface area contributed by atoms with Crippen molar-refractivity contribution in [2.24, 2.45) is 0 Å². The van der Waals surface area contributed by atoms with Crippen molar-refractivity contribution in [2.75, 3.05) is 12.8 Å². The molecule has 0 bridgehead atoms. The minimum atomic E-state index is -0.530. The highest BCUT2D eigenvalue weighted by atomic mass is 79.9. The molecule has 1 atom stereocenters. The molecule has 0 aromatic heterocycles. The SMILES string of the molecule is O=C(C[PH3+])OCC(c1ccccc1)(c1ccccc1)c1ccccc1.[Br-]. The number of rotatable bonds is 6. The molecule has 3 aromatic rings. The highest BCUT2D eigenvalue weighted by Gasteiger charge is 2.37. The van der Waals surface area contributed by atoms with E-state index in [4.69, 9.17) is 4.74 Å². The molecule has 0 aliphatic carbocycles. The van der Waals surface area contributed by atoms with Crippen LogP contribution in [0.1, 0.15) is 16.7 Å². The van der Waals surface area contributed by atoms with E-state index in [1.165, 1.54) is 0 Å². The molecule has 1 unspecified atom stereocenters. The number of benzene rings is 3. The topological polar surface area (TPSA) is 26.3 Å². The lowest BCUT2D eigenvalue weighted by Gasteiger charge is -2.35. The van der Waals surface area contributed by atoms with Gasteiger partial charge in [-0.1, -0.05) is 91.0 Å². The van der Waals surface area contributed by atoms with Crippen LogP contribution in [0.4, 0.5) is 0 Å². The molecule has 0 aliphatic rings. The molecule has 26 heavy (non-hydrogen) atoms. The molecular weight excluding hydrogens is 407 g/mol. The van der Waals surface area contributed by atoms with Gasteiger partial charge in [0.15, 0.2) is 0 Å². The van der Waals surface area contributed by atoms with Crippen molar-refractivity contribution in [3.05, 3.63) is 108 Å². The Bertz CT molecular complexity index is 711. The van der Waals surface area contributed by atoms with Gasteiger partial charge in [-0.2, -0.15) is 0 Å². The lowest BCUT2D eigenvalue weighted by atomic mass is 9.70. The molecule has 0 saturated carbocycles. The third-order valence-electron chi connectivity index (χ3n) is 4.45. The van der Waals surface area contributed by atoms with E-state index in [1.54, 1.807) is 9.24 Å². The van der Waals surface area contributed by atoms with Crippen LogP contribution < -0.4 is 17.0 Å². The van der Waals surface area contributed by atoms with Crippen molar-refractivity contribution in [3.8, 4) is 0 Å². The first-order chi connectivity index (χ1) is 12.3. The predicted octanol–water partition coefficient (Wildman–Crippen LogP) is 1.18. The summed E-state index contributed by atoms with van der Waals surface area (Å²) in [6, 6.07) is 30.8. The molecule has 4 heteroatoms. The fourth-order valence-electron chi connectivity index (χ4n) is 3.18. The van der Waals surface area contributed by atoms with Crippen LogP contribution in [0.15, 0.2) is 91.0 Å². The summed E-state index contributed by atoms with van der Waals surface area (Å²) in [5, 5.41) is 0. The summed E-state index contributed by atoms with van der Waals surface area (Å²) in [7, 11) is 1.62. The van der Waals surface area contributed by atoms with Crippen molar-refractivity contribution in [1.29, 1.82) is 0 Å². The van der Waals surface area contributed by atoms with Crippen LogP contribution in [0.2, 0.25) is 0 Å². The highest BCUT2D eigenvalue weighted by Crippen LogP contribution is 2.39. The van der Waals surface area contributed by atoms with E-state index in [9.17, 15) is 4.79 Å². The molecule has 3 rings (SSSR count). The maximum absolute atomic E-state index is 11.9. The first-order valence-corrected chi connectivity index (χ1v) is 9.39. The predicted molar refractivity (Wildman–Crippen MR) is 106 cm³/mol. The van der Waals surface area contributed by atoms with Crippen LogP contribution in [0.25, 0.3) is 0 Å². The van der Waals surface area contributed by atoms with Crippen molar-refractivity contribution in [3.63, 3.8) is 0 Å². The average molecular weight is 429 g/mol. The Morgan fingerprint density at radius 3 is 1.38 bits per heavy atom. The van der Waals surface area contributed by atoms with Gasteiger partial charge < -0.3 is 21.7 Å². The summed E-state index contributed by atoms with van der Waals surface area (Å²) >= 11 is 0. The second kappa shape index (κ2) is 9.66. The summed E-state index contributed by atoms with van der Waals surface area (Å²) < 4.78 is 5.69. The largest absolute Gasteiger partial charge is 1.00 e. The first kappa shape index (κ1) is 20.4. The number of halogens is 1. The zero-order chi connectivity index (χ0) is 17.5. The van der Waals surface area contributed by atoms with Gasteiger partial charge in [-0.25, -0.2) is 4.79 Å². The van der Waals surface area contributed by atoms with Gasteiger partial charge in [-0.05, 0) is 25.9 Å². The normalized spacial score (nSPS) is 10.8. The molecule has 3 aromatic carbocycles. The molecule has 0 heterocycles. The zero-order valence-corrected chi connectivity index (χ0v) is 17.5. The van der Waals surface area contributed by atoms with Gasteiger partial charge in [0.05, 0.1) is 5.41 Å². The molecule has 0 saturated heterocycles. The smallest absolute Gasteiger partial charge is 0.343 e. The van der Waals surface area contributed by atoms with Crippen LogP contribution in [0, 0.1) is 0 Å². The highest BCUT2D eigenvalue weighted by molar-refractivity contribution is 7.18. The maximum Gasteiger partial charge on any atom is 0.343 e. The van der Waals surface area contributed by atoms with Gasteiger partial charge in [0, 0.05) is 0 Å². The number of hydrogen-bond acceptors (Lipinski definition) is 2. The standard InChI is InChI=1S/C22H21O2P.BrH/c23-21(16-25)24-17-22(18-10-4-1-5-11-18,19-12-6-2-7-13-19)20-14-8-3-9-15-20;/h1-15H,16-17,25H2;1H. The van der Waals surface area contributed by atoms with Gasteiger partial charge in [-0.3, -0.25) is 0 Å². The Balaban J connectivity index is 0.00000243. The Hall–Kier alpha value is -1.96. The van der Waals surface area contributed by atoms with Crippen LogP contribution in [-0.2, 0) is 14.9 Å². The number of carbonyl (C=O) groups is 1. The average Bonchev–Trinajstić information content (AvgIpc) is 2.71. The summed E-state index contributed by atoms with van der Waals surface area (Å²) in [6.07, 6.45) is 0.397. The molecule has 134 valence electrons. The minimum absolute atomic E-state index is 0. The first-order valence-electron chi connectivity index (χ1n) is 8.39. The van der Waals surface area contributed by atoms with E-state index >= 15 is 0 Å². The summed E-state index contributed by atoms with van der Waals surface area (Å²) in [6.45, 7) is 0.280. The molecule has 0 fully saturated rings. The van der Waals surface area contributed by atoms with Crippen LogP contribution >= 0.6 is 9.24 Å². The molecule has 0 spiro atoms. The molecule has 0 radical (unpaired) electrons. The lowest BCUT2D eigenvalue weighted by Crippen LogP contribution is -3.00. The number of esters is 1. The molecule has 0 amide bonds. The molecule has 0 aliphatic heterocycles. The Kier molecular flexibility index (Phi) is 7.56. The van der Waals surface area contributed by atoms with Gasteiger partial charge >= 0.3 is 5.97 Å². The van der Waals surface area contributed by atoms with Crippen molar-refractivity contribution < 1.29 is 26.5 Å². The number of carbonyl (C=O) groups excluding carboxylic acids is 1. The fraction of sp³-hybridized carbons (Fsp3) is 0.136. The van der Waals surface area contributed by atoms with E-state index in [-0.39, 0.29) is 29.6 Å². The maximum atomic E-state index is 11.9. The van der Waals surface area contributed by atoms with Gasteiger partial charge in [0.25, 0.3) is 0 Å². The minimum Gasteiger partial charge on any atom is -1.00 e. The van der Waals surface area contributed by atoms with Gasteiger partial charge in [0.2, 0.25) is 0 Å². The van der Waals surface area contributed by atoms with Crippen LogP contribution in [-0.4, -0.2) is 18.7 Å². The third-order valence-corrected chi connectivity index (χ3v) is 4.86. The number of ether oxygens (including phenoxy) is 1. The summed E-state index contributed by atoms with van der Waals surface area (Å²) in [5.74, 6) is -0.175. The Labute approximate surface area is 167 Å². The fourth-order valence-corrected chi connectivity index (χ4v) is 3.32. The van der Waals surface area contributed by atoms with Crippen LogP contribution in [0.3, 0.4) is 0 Å². The van der Waals surface area contributed by atoms with Crippen molar-refractivity contribution in [1.82, 2.24) is 0 Å². The Morgan fingerprint density at radius 1 is 0.731 bits per heavy atom. The Morgan fingerprint density at radius 2 is 1.08 bits per heavy atom. The van der Waals surface area contributed by atoms with E-state index in [2.05, 4.69) is 36.4 Å². The van der Waals surface area contributed by atoms with Gasteiger partial charge in [-0.15, -0.1) is 0 Å². The second-order valence-electron chi connectivity index (χ2n) is 5.91. The summed E-state index contributed by atoms with van der Waals surface area (Å²) in [4.78, 5) is 11.9. The lowest BCUT2D eigenvalue weighted by molar-refractivity contribution is -0.141.